The molecule has 1 fully saturated rings. The van der Waals surface area contributed by atoms with Gasteiger partial charge >= 0.3 is 0 Å². The molecule has 1 aliphatic heterocycles. The van der Waals surface area contributed by atoms with E-state index >= 15 is 0 Å². The topological polar surface area (TPSA) is 52.4 Å². The van der Waals surface area contributed by atoms with Gasteiger partial charge < -0.3 is 24.2 Å². The van der Waals surface area contributed by atoms with Crippen LogP contribution in [0, 0.1) is 13.8 Å². The van der Waals surface area contributed by atoms with Crippen molar-refractivity contribution in [3.05, 3.63) is 29.3 Å². The summed E-state index contributed by atoms with van der Waals surface area (Å²) >= 11 is 0. The summed E-state index contributed by atoms with van der Waals surface area (Å²) in [5, 5.41) is 10.1. The van der Waals surface area contributed by atoms with Gasteiger partial charge in [-0.2, -0.15) is 0 Å². The highest BCUT2D eigenvalue weighted by molar-refractivity contribution is 5.33. The maximum atomic E-state index is 10.1. The van der Waals surface area contributed by atoms with Crippen molar-refractivity contribution in [2.24, 2.45) is 0 Å². The standard InChI is InChI=1S/C19H31NO4/c1-14-5-6-19(9-15(14)2)23-8-7-22-13-18(21)12-20-10-16(3)24-17(4)11-20/h5-6,9,16-18,21H,7-8,10-13H2,1-4H3/p+1/t16-,17+,18-/m1/s1. The first-order valence-electron chi connectivity index (χ1n) is 8.89. The molecule has 0 amide bonds. The molecule has 1 heterocycles. The van der Waals surface area contributed by atoms with Crippen molar-refractivity contribution in [2.75, 3.05) is 39.5 Å². The molecule has 1 saturated heterocycles. The van der Waals surface area contributed by atoms with E-state index in [-0.39, 0.29) is 12.2 Å². The second-order valence-corrected chi connectivity index (χ2v) is 6.94. The maximum Gasteiger partial charge on any atom is 0.126 e. The fraction of sp³-hybridized carbons (Fsp3) is 0.684. The van der Waals surface area contributed by atoms with Gasteiger partial charge in [-0.05, 0) is 51.0 Å². The van der Waals surface area contributed by atoms with Crippen LogP contribution < -0.4 is 9.64 Å². The number of quaternary nitrogens is 1. The second kappa shape index (κ2) is 9.37. The molecule has 0 saturated carbocycles. The van der Waals surface area contributed by atoms with E-state index in [4.69, 9.17) is 14.2 Å². The third-order valence-electron chi connectivity index (χ3n) is 4.43. The van der Waals surface area contributed by atoms with Crippen molar-refractivity contribution in [3.8, 4) is 5.75 Å². The Morgan fingerprint density at radius 2 is 1.88 bits per heavy atom. The molecule has 5 nitrogen and oxygen atoms in total. The number of rotatable bonds is 8. The molecule has 1 unspecified atom stereocenters. The molecule has 0 radical (unpaired) electrons. The van der Waals surface area contributed by atoms with Crippen LogP contribution in [-0.2, 0) is 9.47 Å². The summed E-state index contributed by atoms with van der Waals surface area (Å²) in [7, 11) is 0. The Morgan fingerprint density at radius 1 is 1.17 bits per heavy atom. The maximum absolute atomic E-state index is 10.1. The summed E-state index contributed by atoms with van der Waals surface area (Å²) in [5.74, 6) is 0.864. The molecule has 4 atom stereocenters. The van der Waals surface area contributed by atoms with Gasteiger partial charge in [0.15, 0.2) is 0 Å². The van der Waals surface area contributed by atoms with Crippen LogP contribution in [0.15, 0.2) is 18.2 Å². The average Bonchev–Trinajstić information content (AvgIpc) is 2.49. The Labute approximate surface area is 145 Å². The van der Waals surface area contributed by atoms with E-state index in [1.807, 2.05) is 12.1 Å². The van der Waals surface area contributed by atoms with E-state index in [0.29, 0.717) is 26.4 Å². The van der Waals surface area contributed by atoms with Crippen LogP contribution in [0.1, 0.15) is 25.0 Å². The Hall–Kier alpha value is -1.14. The first-order chi connectivity index (χ1) is 11.4. The quantitative estimate of drug-likeness (QED) is 0.687. The van der Waals surface area contributed by atoms with Gasteiger partial charge in [-0.25, -0.2) is 0 Å². The van der Waals surface area contributed by atoms with Crippen LogP contribution in [0.2, 0.25) is 0 Å². The summed E-state index contributed by atoms with van der Waals surface area (Å²) in [6.45, 7) is 12.2. The Bertz CT molecular complexity index is 498. The number of benzene rings is 1. The predicted octanol–water partition coefficient (Wildman–Crippen LogP) is 0.752. The number of morpholine rings is 1. The number of nitrogens with one attached hydrogen (secondary N) is 1. The first-order valence-corrected chi connectivity index (χ1v) is 8.89. The van der Waals surface area contributed by atoms with Gasteiger partial charge in [0.2, 0.25) is 0 Å². The van der Waals surface area contributed by atoms with Gasteiger partial charge in [0, 0.05) is 0 Å². The third kappa shape index (κ3) is 6.40. The molecule has 1 aromatic carbocycles. The Morgan fingerprint density at radius 3 is 2.54 bits per heavy atom. The normalized spacial score (nSPS) is 25.5. The second-order valence-electron chi connectivity index (χ2n) is 6.94. The number of aryl methyl sites for hydroxylation is 2. The predicted molar refractivity (Wildman–Crippen MR) is 93.8 cm³/mol. The van der Waals surface area contributed by atoms with Crippen molar-refractivity contribution in [1.82, 2.24) is 0 Å². The first kappa shape index (κ1) is 19.2. The van der Waals surface area contributed by atoms with Crippen LogP contribution in [0.25, 0.3) is 0 Å². The van der Waals surface area contributed by atoms with Crippen LogP contribution in [-0.4, -0.2) is 62.9 Å². The largest absolute Gasteiger partial charge is 0.491 e. The van der Waals surface area contributed by atoms with Crippen LogP contribution >= 0.6 is 0 Å². The smallest absolute Gasteiger partial charge is 0.126 e. The van der Waals surface area contributed by atoms with Crippen molar-refractivity contribution in [3.63, 3.8) is 0 Å². The SMILES string of the molecule is Cc1ccc(OCCOC[C@H](O)C[NH+]2C[C@@H](C)O[C@@H](C)C2)cc1C. The molecule has 5 heteroatoms. The minimum Gasteiger partial charge on any atom is -0.491 e. The highest BCUT2D eigenvalue weighted by atomic mass is 16.5. The lowest BCUT2D eigenvalue weighted by Crippen LogP contribution is -3.16. The molecule has 2 rings (SSSR count). The lowest BCUT2D eigenvalue weighted by atomic mass is 10.1. The lowest BCUT2D eigenvalue weighted by Gasteiger charge is -2.33. The number of hydrogen-bond acceptors (Lipinski definition) is 4. The summed E-state index contributed by atoms with van der Waals surface area (Å²) in [6, 6.07) is 6.07. The van der Waals surface area contributed by atoms with E-state index in [9.17, 15) is 5.11 Å². The minimum absolute atomic E-state index is 0.253. The van der Waals surface area contributed by atoms with Crippen LogP contribution in [0.5, 0.6) is 5.75 Å². The van der Waals surface area contributed by atoms with E-state index in [1.165, 1.54) is 16.0 Å². The summed E-state index contributed by atoms with van der Waals surface area (Å²) < 4.78 is 16.9. The number of aliphatic hydroxyl groups excluding tert-OH is 1. The summed E-state index contributed by atoms with van der Waals surface area (Å²) in [5.41, 5.74) is 2.48. The van der Waals surface area contributed by atoms with Gasteiger partial charge in [-0.3, -0.25) is 0 Å². The molecule has 0 aliphatic carbocycles. The average molecular weight is 338 g/mol. The fourth-order valence-corrected chi connectivity index (χ4v) is 3.19. The molecular formula is C19H32NO4+. The lowest BCUT2D eigenvalue weighted by molar-refractivity contribution is -0.918. The minimum atomic E-state index is -0.445. The molecule has 0 bridgehead atoms. The zero-order chi connectivity index (χ0) is 17.5. The number of hydrogen-bond donors (Lipinski definition) is 2. The van der Waals surface area contributed by atoms with Crippen molar-refractivity contribution in [2.45, 2.75) is 46.0 Å². The number of aliphatic hydroxyl groups is 1. The van der Waals surface area contributed by atoms with Gasteiger partial charge in [0.05, 0.1) is 13.2 Å². The fourth-order valence-electron chi connectivity index (χ4n) is 3.19. The molecule has 24 heavy (non-hydrogen) atoms. The van der Waals surface area contributed by atoms with Crippen molar-refractivity contribution >= 4 is 0 Å². The molecule has 1 aromatic rings. The molecule has 0 spiro atoms. The van der Waals surface area contributed by atoms with Crippen LogP contribution in [0.3, 0.4) is 0 Å². The molecular weight excluding hydrogens is 306 g/mol. The van der Waals surface area contributed by atoms with E-state index in [0.717, 1.165) is 18.8 Å². The van der Waals surface area contributed by atoms with Crippen molar-refractivity contribution in [1.29, 1.82) is 0 Å². The zero-order valence-electron chi connectivity index (χ0n) is 15.4. The monoisotopic (exact) mass is 338 g/mol. The van der Waals surface area contributed by atoms with Gasteiger partial charge in [0.1, 0.15) is 50.3 Å². The van der Waals surface area contributed by atoms with Gasteiger partial charge in [-0.15, -0.1) is 0 Å². The highest BCUT2D eigenvalue weighted by Gasteiger charge is 2.27. The van der Waals surface area contributed by atoms with E-state index in [1.54, 1.807) is 0 Å². The summed E-state index contributed by atoms with van der Waals surface area (Å²) in [4.78, 5) is 1.38. The molecule has 0 aromatic heterocycles. The molecule has 1 aliphatic rings. The van der Waals surface area contributed by atoms with Crippen molar-refractivity contribution < 1.29 is 24.2 Å². The van der Waals surface area contributed by atoms with Gasteiger partial charge in [-0.1, -0.05) is 6.07 Å². The van der Waals surface area contributed by atoms with Crippen LogP contribution in [0.4, 0.5) is 0 Å². The molecule has 2 N–H and O–H groups in total. The zero-order valence-corrected chi connectivity index (χ0v) is 15.4. The summed E-state index contributed by atoms with van der Waals surface area (Å²) in [6.07, 6.45) is 0.0607. The third-order valence-corrected chi connectivity index (χ3v) is 4.43. The number of ether oxygens (including phenoxy) is 3. The molecule has 136 valence electrons. The Kier molecular flexibility index (Phi) is 7.49. The Balaban J connectivity index is 1.59. The van der Waals surface area contributed by atoms with E-state index in [2.05, 4.69) is 33.8 Å². The van der Waals surface area contributed by atoms with Gasteiger partial charge in [0.25, 0.3) is 0 Å². The van der Waals surface area contributed by atoms with E-state index < -0.39 is 6.10 Å². The highest BCUT2D eigenvalue weighted by Crippen LogP contribution is 2.16.